The molecule has 1 fully saturated rings. The summed E-state index contributed by atoms with van der Waals surface area (Å²) in [6, 6.07) is 13.4. The van der Waals surface area contributed by atoms with E-state index in [0.29, 0.717) is 6.54 Å². The van der Waals surface area contributed by atoms with Crippen LogP contribution in [0.25, 0.3) is 0 Å². The molecule has 1 atom stereocenters. The van der Waals surface area contributed by atoms with Crippen molar-refractivity contribution in [3.8, 4) is 0 Å². The van der Waals surface area contributed by atoms with E-state index in [1.807, 2.05) is 56.3 Å². The lowest BCUT2D eigenvalue weighted by Gasteiger charge is -2.19. The van der Waals surface area contributed by atoms with E-state index in [-0.39, 0.29) is 24.2 Å². The third kappa shape index (κ3) is 3.51. The number of nitrogens with one attached hydrogen (secondary N) is 1. The number of halogens is 1. The highest BCUT2D eigenvalue weighted by molar-refractivity contribution is 9.10. The SMILES string of the molecule is Cc1ccc(C)c(N2C[C@H](C(=O)Nc3ccc(Br)cc3)CC2=O)c1. The van der Waals surface area contributed by atoms with Crippen molar-refractivity contribution in [1.82, 2.24) is 0 Å². The molecule has 0 radical (unpaired) electrons. The van der Waals surface area contributed by atoms with Crippen LogP contribution in [0.5, 0.6) is 0 Å². The number of aryl methyl sites for hydroxylation is 2. The van der Waals surface area contributed by atoms with Crippen molar-refractivity contribution in [2.24, 2.45) is 5.92 Å². The Bertz CT molecular complexity index is 786. The van der Waals surface area contributed by atoms with Gasteiger partial charge in [0.2, 0.25) is 11.8 Å². The lowest BCUT2D eigenvalue weighted by Crippen LogP contribution is -2.28. The fourth-order valence-corrected chi connectivity index (χ4v) is 3.17. The Morgan fingerprint density at radius 3 is 2.58 bits per heavy atom. The van der Waals surface area contributed by atoms with E-state index in [1.54, 1.807) is 4.90 Å². The number of anilines is 2. The van der Waals surface area contributed by atoms with Gasteiger partial charge in [-0.25, -0.2) is 0 Å². The molecule has 0 aliphatic carbocycles. The number of rotatable bonds is 3. The summed E-state index contributed by atoms with van der Waals surface area (Å²) in [5.41, 5.74) is 3.79. The summed E-state index contributed by atoms with van der Waals surface area (Å²) < 4.78 is 0.956. The molecule has 1 N–H and O–H groups in total. The summed E-state index contributed by atoms with van der Waals surface area (Å²) >= 11 is 3.37. The molecule has 0 bridgehead atoms. The van der Waals surface area contributed by atoms with E-state index in [9.17, 15) is 9.59 Å². The van der Waals surface area contributed by atoms with E-state index in [2.05, 4.69) is 21.2 Å². The molecule has 1 aliphatic heterocycles. The van der Waals surface area contributed by atoms with Gasteiger partial charge < -0.3 is 10.2 Å². The fraction of sp³-hybridized carbons (Fsp3) is 0.263. The topological polar surface area (TPSA) is 49.4 Å². The maximum atomic E-state index is 12.5. The van der Waals surface area contributed by atoms with Gasteiger partial charge in [-0.15, -0.1) is 0 Å². The van der Waals surface area contributed by atoms with E-state index < -0.39 is 0 Å². The van der Waals surface area contributed by atoms with Gasteiger partial charge in [0.1, 0.15) is 0 Å². The molecule has 1 aliphatic rings. The van der Waals surface area contributed by atoms with Crippen LogP contribution in [0.15, 0.2) is 46.9 Å². The molecule has 5 heteroatoms. The van der Waals surface area contributed by atoms with Crippen LogP contribution in [0.3, 0.4) is 0 Å². The molecule has 0 aromatic heterocycles. The largest absolute Gasteiger partial charge is 0.326 e. The van der Waals surface area contributed by atoms with Gasteiger partial charge >= 0.3 is 0 Å². The Morgan fingerprint density at radius 2 is 1.88 bits per heavy atom. The highest BCUT2D eigenvalue weighted by Crippen LogP contribution is 2.29. The maximum absolute atomic E-state index is 12.5. The summed E-state index contributed by atoms with van der Waals surface area (Å²) in [5, 5.41) is 2.89. The van der Waals surface area contributed by atoms with Crippen LogP contribution in [-0.4, -0.2) is 18.4 Å². The Hall–Kier alpha value is -2.14. The van der Waals surface area contributed by atoms with Gasteiger partial charge in [0.05, 0.1) is 5.92 Å². The van der Waals surface area contributed by atoms with Crippen LogP contribution in [0.2, 0.25) is 0 Å². The average Bonchev–Trinajstić information content (AvgIpc) is 2.94. The van der Waals surface area contributed by atoms with Crippen molar-refractivity contribution in [3.05, 3.63) is 58.1 Å². The highest BCUT2D eigenvalue weighted by atomic mass is 79.9. The van der Waals surface area contributed by atoms with E-state index in [0.717, 1.165) is 27.0 Å². The smallest absolute Gasteiger partial charge is 0.229 e. The third-order valence-corrected chi connectivity index (χ3v) is 4.79. The van der Waals surface area contributed by atoms with E-state index >= 15 is 0 Å². The molecular weight excluding hydrogens is 368 g/mol. The van der Waals surface area contributed by atoms with Crippen LogP contribution in [0.1, 0.15) is 17.5 Å². The first-order valence-corrected chi connectivity index (χ1v) is 8.67. The lowest BCUT2D eigenvalue weighted by molar-refractivity contribution is -0.122. The summed E-state index contributed by atoms with van der Waals surface area (Å²) in [4.78, 5) is 26.6. The van der Waals surface area contributed by atoms with Crippen LogP contribution in [0.4, 0.5) is 11.4 Å². The zero-order valence-electron chi connectivity index (χ0n) is 13.7. The second-order valence-corrected chi connectivity index (χ2v) is 7.11. The first kappa shape index (κ1) is 16.7. The Morgan fingerprint density at radius 1 is 1.17 bits per heavy atom. The first-order chi connectivity index (χ1) is 11.4. The molecule has 2 aromatic carbocycles. The molecule has 2 aromatic rings. The molecule has 0 unspecified atom stereocenters. The molecule has 4 nitrogen and oxygen atoms in total. The van der Waals surface area contributed by atoms with Crippen LogP contribution in [0, 0.1) is 19.8 Å². The third-order valence-electron chi connectivity index (χ3n) is 4.26. The quantitative estimate of drug-likeness (QED) is 0.864. The molecule has 0 saturated carbocycles. The first-order valence-electron chi connectivity index (χ1n) is 7.88. The Balaban J connectivity index is 1.73. The van der Waals surface area contributed by atoms with Crippen molar-refractivity contribution < 1.29 is 9.59 Å². The van der Waals surface area contributed by atoms with E-state index in [1.165, 1.54) is 0 Å². The van der Waals surface area contributed by atoms with Gasteiger partial charge in [0.25, 0.3) is 0 Å². The number of nitrogens with zero attached hydrogens (tertiary/aromatic N) is 1. The zero-order chi connectivity index (χ0) is 17.3. The normalized spacial score (nSPS) is 17.2. The van der Waals surface area contributed by atoms with Crippen molar-refractivity contribution >= 4 is 39.1 Å². The minimum absolute atomic E-state index is 0.000318. The molecule has 0 spiro atoms. The van der Waals surface area contributed by atoms with Gasteiger partial charge in [0.15, 0.2) is 0 Å². The van der Waals surface area contributed by atoms with Gasteiger partial charge in [-0.2, -0.15) is 0 Å². The number of hydrogen-bond acceptors (Lipinski definition) is 2. The molecule has 1 heterocycles. The molecule has 2 amide bonds. The van der Waals surface area contributed by atoms with Gasteiger partial charge in [-0.1, -0.05) is 28.1 Å². The second-order valence-electron chi connectivity index (χ2n) is 6.19. The lowest BCUT2D eigenvalue weighted by atomic mass is 10.1. The number of amides is 2. The van der Waals surface area contributed by atoms with Crippen molar-refractivity contribution in [2.75, 3.05) is 16.8 Å². The number of benzene rings is 2. The summed E-state index contributed by atoms with van der Waals surface area (Å²) in [6.45, 7) is 4.41. The number of hydrogen-bond donors (Lipinski definition) is 1. The summed E-state index contributed by atoms with van der Waals surface area (Å²) in [7, 11) is 0. The molecule has 3 rings (SSSR count). The standard InChI is InChI=1S/C19H19BrN2O2/c1-12-3-4-13(2)17(9-12)22-11-14(10-18(22)23)19(24)21-16-7-5-15(20)6-8-16/h3-9,14H,10-11H2,1-2H3,(H,21,24)/t14-/m1/s1. The molecule has 124 valence electrons. The van der Waals surface area contributed by atoms with Gasteiger partial charge in [-0.05, 0) is 55.3 Å². The maximum Gasteiger partial charge on any atom is 0.229 e. The molecule has 24 heavy (non-hydrogen) atoms. The average molecular weight is 387 g/mol. The Labute approximate surface area is 150 Å². The van der Waals surface area contributed by atoms with Crippen LogP contribution in [-0.2, 0) is 9.59 Å². The fourth-order valence-electron chi connectivity index (χ4n) is 2.90. The zero-order valence-corrected chi connectivity index (χ0v) is 15.3. The van der Waals surface area contributed by atoms with Crippen LogP contribution >= 0.6 is 15.9 Å². The second kappa shape index (κ2) is 6.77. The van der Waals surface area contributed by atoms with Gasteiger partial charge in [-0.3, -0.25) is 9.59 Å². The Kier molecular flexibility index (Phi) is 4.71. The van der Waals surface area contributed by atoms with Crippen LogP contribution < -0.4 is 10.2 Å². The van der Waals surface area contributed by atoms with E-state index in [4.69, 9.17) is 0 Å². The predicted octanol–water partition coefficient (Wildman–Crippen LogP) is 4.06. The number of carbonyl (C=O) groups is 2. The van der Waals surface area contributed by atoms with Crippen molar-refractivity contribution in [3.63, 3.8) is 0 Å². The van der Waals surface area contributed by atoms with Gasteiger partial charge in [0, 0.05) is 28.8 Å². The highest BCUT2D eigenvalue weighted by Gasteiger charge is 2.35. The van der Waals surface area contributed by atoms with Crippen molar-refractivity contribution in [2.45, 2.75) is 20.3 Å². The molecule has 1 saturated heterocycles. The monoisotopic (exact) mass is 386 g/mol. The minimum atomic E-state index is -0.332. The van der Waals surface area contributed by atoms with Crippen molar-refractivity contribution in [1.29, 1.82) is 0 Å². The minimum Gasteiger partial charge on any atom is -0.326 e. The number of carbonyl (C=O) groups excluding carboxylic acids is 2. The predicted molar refractivity (Wildman–Crippen MR) is 99.1 cm³/mol. The molecular formula is C19H19BrN2O2. The summed E-state index contributed by atoms with van der Waals surface area (Å²) in [5.74, 6) is -0.445. The summed E-state index contributed by atoms with van der Waals surface area (Å²) in [6.07, 6.45) is 0.246.